The lowest BCUT2D eigenvalue weighted by Gasteiger charge is -2.31. The molecule has 0 spiro atoms. The molecule has 0 amide bonds. The van der Waals surface area contributed by atoms with Gasteiger partial charge in [0.05, 0.1) is 24.3 Å². The van der Waals surface area contributed by atoms with Crippen LogP contribution in [0.5, 0.6) is 5.75 Å². The number of nitrogens with one attached hydrogen (secondary N) is 1. The predicted molar refractivity (Wildman–Crippen MR) is 78.0 cm³/mol. The number of hydrogen-bond acceptors (Lipinski definition) is 3. The molecular weight excluding hydrogens is 262 g/mol. The Kier molecular flexibility index (Phi) is 5.49. The zero-order valence-electron chi connectivity index (χ0n) is 11.6. The molecule has 1 aromatic carbocycles. The van der Waals surface area contributed by atoms with E-state index in [9.17, 15) is 0 Å². The van der Waals surface area contributed by atoms with Crippen molar-refractivity contribution in [3.05, 3.63) is 28.8 Å². The third-order valence-electron chi connectivity index (χ3n) is 3.55. The van der Waals surface area contributed by atoms with E-state index in [1.165, 1.54) is 18.4 Å². The fraction of sp³-hybridized carbons (Fsp3) is 0.600. The summed E-state index contributed by atoms with van der Waals surface area (Å²) in [5, 5.41) is 4.16. The van der Waals surface area contributed by atoms with Crippen LogP contribution in [0.4, 0.5) is 0 Å². The molecule has 0 saturated carbocycles. The van der Waals surface area contributed by atoms with Crippen LogP contribution in [-0.2, 0) is 4.74 Å². The maximum atomic E-state index is 6.22. The summed E-state index contributed by atoms with van der Waals surface area (Å²) in [5.41, 5.74) is 1.17. The average Bonchev–Trinajstić information content (AvgIpc) is 2.45. The SMILES string of the molecule is CCNC(c1ccc(OC)c(Cl)c1)C1CCCCO1. The molecule has 1 saturated heterocycles. The predicted octanol–water partition coefficient (Wildman–Crippen LogP) is 3.57. The molecule has 19 heavy (non-hydrogen) atoms. The van der Waals surface area contributed by atoms with Crippen molar-refractivity contribution < 1.29 is 9.47 Å². The van der Waals surface area contributed by atoms with Gasteiger partial charge in [-0.25, -0.2) is 0 Å². The van der Waals surface area contributed by atoms with Gasteiger partial charge in [0.2, 0.25) is 0 Å². The van der Waals surface area contributed by atoms with Crippen LogP contribution in [0.25, 0.3) is 0 Å². The molecule has 1 heterocycles. The zero-order chi connectivity index (χ0) is 13.7. The summed E-state index contributed by atoms with van der Waals surface area (Å²) in [6.45, 7) is 3.88. The summed E-state index contributed by atoms with van der Waals surface area (Å²) < 4.78 is 11.1. The van der Waals surface area contributed by atoms with Crippen LogP contribution in [0.2, 0.25) is 5.02 Å². The molecule has 106 valence electrons. The molecule has 2 rings (SSSR count). The summed E-state index contributed by atoms with van der Waals surface area (Å²) in [5.74, 6) is 0.713. The molecule has 3 nitrogen and oxygen atoms in total. The summed E-state index contributed by atoms with van der Waals surface area (Å²) in [4.78, 5) is 0. The maximum absolute atomic E-state index is 6.22. The smallest absolute Gasteiger partial charge is 0.137 e. The highest BCUT2D eigenvalue weighted by Crippen LogP contribution is 2.31. The topological polar surface area (TPSA) is 30.5 Å². The van der Waals surface area contributed by atoms with Crippen molar-refractivity contribution in [3.8, 4) is 5.75 Å². The van der Waals surface area contributed by atoms with E-state index in [2.05, 4.69) is 18.3 Å². The Morgan fingerprint density at radius 2 is 2.32 bits per heavy atom. The third kappa shape index (κ3) is 3.62. The van der Waals surface area contributed by atoms with E-state index in [4.69, 9.17) is 21.1 Å². The molecule has 1 aliphatic heterocycles. The molecule has 0 aromatic heterocycles. The van der Waals surface area contributed by atoms with Gasteiger partial charge in [0.1, 0.15) is 5.75 Å². The van der Waals surface area contributed by atoms with Gasteiger partial charge in [-0.3, -0.25) is 0 Å². The maximum Gasteiger partial charge on any atom is 0.137 e. The molecule has 2 unspecified atom stereocenters. The van der Waals surface area contributed by atoms with Crippen molar-refractivity contribution in [1.82, 2.24) is 5.32 Å². The van der Waals surface area contributed by atoms with Crippen LogP contribution in [0.1, 0.15) is 37.8 Å². The second-order valence-corrected chi connectivity index (χ2v) is 5.24. The van der Waals surface area contributed by atoms with Crippen molar-refractivity contribution in [2.75, 3.05) is 20.3 Å². The van der Waals surface area contributed by atoms with Gasteiger partial charge in [-0.15, -0.1) is 0 Å². The summed E-state index contributed by atoms with van der Waals surface area (Å²) >= 11 is 6.22. The van der Waals surface area contributed by atoms with E-state index < -0.39 is 0 Å². The molecule has 2 atom stereocenters. The Labute approximate surface area is 120 Å². The number of halogens is 1. The fourth-order valence-electron chi connectivity index (χ4n) is 2.59. The standard InChI is InChI=1S/C15H22ClNO2/c1-3-17-15(14-6-4-5-9-19-14)11-7-8-13(18-2)12(16)10-11/h7-8,10,14-15,17H,3-6,9H2,1-2H3. The monoisotopic (exact) mass is 283 g/mol. The van der Waals surface area contributed by atoms with Gasteiger partial charge < -0.3 is 14.8 Å². The highest BCUT2D eigenvalue weighted by Gasteiger charge is 2.25. The van der Waals surface area contributed by atoms with Crippen molar-refractivity contribution in [1.29, 1.82) is 0 Å². The quantitative estimate of drug-likeness (QED) is 0.896. The Morgan fingerprint density at radius 3 is 2.89 bits per heavy atom. The fourth-order valence-corrected chi connectivity index (χ4v) is 2.85. The first-order valence-corrected chi connectivity index (χ1v) is 7.32. The summed E-state index contributed by atoms with van der Waals surface area (Å²) in [6, 6.07) is 6.17. The van der Waals surface area contributed by atoms with E-state index in [1.807, 2.05) is 12.1 Å². The lowest BCUT2D eigenvalue weighted by molar-refractivity contribution is -0.00786. The first kappa shape index (κ1) is 14.6. The normalized spacial score (nSPS) is 21.1. The minimum Gasteiger partial charge on any atom is -0.495 e. The van der Waals surface area contributed by atoms with Crippen molar-refractivity contribution in [2.24, 2.45) is 0 Å². The lowest BCUT2D eigenvalue weighted by atomic mass is 9.95. The van der Waals surface area contributed by atoms with Gasteiger partial charge >= 0.3 is 0 Å². The minimum absolute atomic E-state index is 0.203. The van der Waals surface area contributed by atoms with Gasteiger partial charge in [0, 0.05) is 6.61 Å². The van der Waals surface area contributed by atoms with Crippen molar-refractivity contribution in [3.63, 3.8) is 0 Å². The number of ether oxygens (including phenoxy) is 2. The van der Waals surface area contributed by atoms with Crippen LogP contribution in [0.15, 0.2) is 18.2 Å². The van der Waals surface area contributed by atoms with Gasteiger partial charge in [-0.1, -0.05) is 24.6 Å². The van der Waals surface area contributed by atoms with Crippen molar-refractivity contribution in [2.45, 2.75) is 38.3 Å². The van der Waals surface area contributed by atoms with Gasteiger partial charge in [0.15, 0.2) is 0 Å². The van der Waals surface area contributed by atoms with Crippen LogP contribution >= 0.6 is 11.6 Å². The molecule has 0 bridgehead atoms. The van der Waals surface area contributed by atoms with Gasteiger partial charge in [-0.2, -0.15) is 0 Å². The van der Waals surface area contributed by atoms with Crippen LogP contribution < -0.4 is 10.1 Å². The number of hydrogen-bond donors (Lipinski definition) is 1. The number of rotatable bonds is 5. The first-order chi connectivity index (χ1) is 9.26. The second kappa shape index (κ2) is 7.13. The number of benzene rings is 1. The Hall–Kier alpha value is -0.770. The average molecular weight is 284 g/mol. The Morgan fingerprint density at radius 1 is 1.47 bits per heavy atom. The Bertz CT molecular complexity index is 405. The minimum atomic E-state index is 0.203. The molecule has 1 aliphatic rings. The van der Waals surface area contributed by atoms with Crippen LogP contribution in [0.3, 0.4) is 0 Å². The third-order valence-corrected chi connectivity index (χ3v) is 3.84. The van der Waals surface area contributed by atoms with E-state index in [1.54, 1.807) is 7.11 Å². The highest BCUT2D eigenvalue weighted by molar-refractivity contribution is 6.32. The van der Waals surface area contributed by atoms with Crippen molar-refractivity contribution >= 4 is 11.6 Å². The van der Waals surface area contributed by atoms with Crippen LogP contribution in [0, 0.1) is 0 Å². The first-order valence-electron chi connectivity index (χ1n) is 6.94. The molecule has 0 aliphatic carbocycles. The molecule has 4 heteroatoms. The molecule has 1 N–H and O–H groups in total. The molecule has 1 aromatic rings. The largest absolute Gasteiger partial charge is 0.495 e. The molecule has 0 radical (unpaired) electrons. The van der Waals surface area contributed by atoms with E-state index in [0.29, 0.717) is 10.8 Å². The van der Waals surface area contributed by atoms with Gasteiger partial charge in [0.25, 0.3) is 0 Å². The van der Waals surface area contributed by atoms with Gasteiger partial charge in [-0.05, 0) is 43.5 Å². The number of likely N-dealkylation sites (N-methyl/N-ethyl adjacent to an activating group) is 1. The second-order valence-electron chi connectivity index (χ2n) is 4.83. The summed E-state index contributed by atoms with van der Waals surface area (Å²) in [7, 11) is 1.63. The highest BCUT2D eigenvalue weighted by atomic mass is 35.5. The lowest BCUT2D eigenvalue weighted by Crippen LogP contribution is -2.35. The van der Waals surface area contributed by atoms with E-state index in [0.717, 1.165) is 19.6 Å². The van der Waals surface area contributed by atoms with E-state index in [-0.39, 0.29) is 12.1 Å². The zero-order valence-corrected chi connectivity index (χ0v) is 12.4. The van der Waals surface area contributed by atoms with E-state index >= 15 is 0 Å². The molecule has 1 fully saturated rings. The summed E-state index contributed by atoms with van der Waals surface area (Å²) in [6.07, 6.45) is 3.73. The van der Waals surface area contributed by atoms with Crippen LogP contribution in [-0.4, -0.2) is 26.4 Å². The Balaban J connectivity index is 2.19. The molecular formula is C15H22ClNO2. The number of methoxy groups -OCH3 is 1.